The highest BCUT2D eigenvalue weighted by molar-refractivity contribution is 7.99. The van der Waals surface area contributed by atoms with Gasteiger partial charge in [-0.3, -0.25) is 9.36 Å². The number of nitrogens with one attached hydrogen (secondary N) is 1. The molecule has 0 bridgehead atoms. The number of hydrogen-bond donors (Lipinski definition) is 1. The van der Waals surface area contributed by atoms with Crippen molar-refractivity contribution in [3.8, 4) is 17.2 Å². The number of amides is 1. The van der Waals surface area contributed by atoms with E-state index in [2.05, 4.69) is 10.3 Å². The largest absolute Gasteiger partial charge is 0.497 e. The second kappa shape index (κ2) is 8.84. The monoisotopic (exact) mass is 397 g/mol. The molecule has 3 aromatic rings. The molecule has 146 valence electrons. The summed E-state index contributed by atoms with van der Waals surface area (Å²) in [5.41, 5.74) is 3.89. The SMILES string of the molecule is COc1ccc(-n2ccnc2SCC(=O)Nc2cccc(C)c2C)c(OC)c1. The summed E-state index contributed by atoms with van der Waals surface area (Å²) in [5, 5.41) is 3.68. The van der Waals surface area contributed by atoms with Crippen molar-refractivity contribution in [1.29, 1.82) is 0 Å². The molecule has 0 fully saturated rings. The molecule has 0 aliphatic carbocycles. The van der Waals surface area contributed by atoms with Crippen LogP contribution in [0.5, 0.6) is 11.5 Å². The number of nitrogens with zero attached hydrogens (tertiary/aromatic N) is 2. The maximum absolute atomic E-state index is 12.4. The molecule has 0 atom stereocenters. The van der Waals surface area contributed by atoms with Gasteiger partial charge in [-0.05, 0) is 43.2 Å². The minimum absolute atomic E-state index is 0.0741. The van der Waals surface area contributed by atoms with E-state index in [1.54, 1.807) is 20.4 Å². The summed E-state index contributed by atoms with van der Waals surface area (Å²) in [6.07, 6.45) is 3.55. The normalized spacial score (nSPS) is 10.6. The Morgan fingerprint density at radius 1 is 1.18 bits per heavy atom. The zero-order valence-corrected chi connectivity index (χ0v) is 17.2. The highest BCUT2D eigenvalue weighted by Gasteiger charge is 2.14. The third kappa shape index (κ3) is 4.31. The molecule has 1 N–H and O–H groups in total. The number of rotatable bonds is 7. The lowest BCUT2D eigenvalue weighted by Gasteiger charge is -2.13. The molecule has 0 saturated carbocycles. The first-order valence-electron chi connectivity index (χ1n) is 8.78. The van der Waals surface area contributed by atoms with Crippen LogP contribution in [0.15, 0.2) is 53.9 Å². The summed E-state index contributed by atoms with van der Waals surface area (Å²) < 4.78 is 12.6. The van der Waals surface area contributed by atoms with Gasteiger partial charge in [0.2, 0.25) is 5.91 Å². The van der Waals surface area contributed by atoms with Crippen LogP contribution in [0.25, 0.3) is 5.69 Å². The minimum atomic E-state index is -0.0741. The Kier molecular flexibility index (Phi) is 6.26. The Morgan fingerprint density at radius 3 is 2.75 bits per heavy atom. The molecule has 0 unspecified atom stereocenters. The maximum Gasteiger partial charge on any atom is 0.234 e. The van der Waals surface area contributed by atoms with Gasteiger partial charge in [0.15, 0.2) is 5.16 Å². The summed E-state index contributed by atoms with van der Waals surface area (Å²) in [7, 11) is 3.22. The zero-order valence-electron chi connectivity index (χ0n) is 16.4. The first-order valence-corrected chi connectivity index (χ1v) is 9.76. The minimum Gasteiger partial charge on any atom is -0.497 e. The summed E-state index contributed by atoms with van der Waals surface area (Å²) in [5.74, 6) is 1.56. The van der Waals surface area contributed by atoms with Gasteiger partial charge in [-0.2, -0.15) is 0 Å². The van der Waals surface area contributed by atoms with Gasteiger partial charge in [0.25, 0.3) is 0 Å². The Bertz CT molecular complexity index is 985. The second-order valence-electron chi connectivity index (χ2n) is 6.20. The number of imidazole rings is 1. The van der Waals surface area contributed by atoms with Crippen LogP contribution in [0.2, 0.25) is 0 Å². The number of anilines is 1. The Labute approximate surface area is 168 Å². The number of carbonyl (C=O) groups is 1. The fourth-order valence-electron chi connectivity index (χ4n) is 2.77. The van der Waals surface area contributed by atoms with Gasteiger partial charge in [0.1, 0.15) is 11.5 Å². The van der Waals surface area contributed by atoms with Crippen LogP contribution in [0, 0.1) is 13.8 Å². The standard InChI is InChI=1S/C21H23N3O3S/c1-14-6-5-7-17(15(14)2)23-20(25)13-28-21-22-10-11-24(21)18-9-8-16(26-3)12-19(18)27-4/h5-12H,13H2,1-4H3,(H,23,25). The van der Waals surface area contributed by atoms with Gasteiger partial charge in [-0.1, -0.05) is 23.9 Å². The molecule has 0 saturated heterocycles. The molecule has 1 amide bonds. The van der Waals surface area contributed by atoms with Crippen LogP contribution in [-0.2, 0) is 4.79 Å². The quantitative estimate of drug-likeness (QED) is 0.604. The maximum atomic E-state index is 12.4. The molecule has 1 heterocycles. The molecular formula is C21H23N3O3S. The Hall–Kier alpha value is -2.93. The Balaban J connectivity index is 1.73. The van der Waals surface area contributed by atoms with Gasteiger partial charge in [0.05, 0.1) is 25.7 Å². The predicted molar refractivity (Wildman–Crippen MR) is 112 cm³/mol. The Morgan fingerprint density at radius 2 is 2.00 bits per heavy atom. The van der Waals surface area contributed by atoms with Gasteiger partial charge < -0.3 is 14.8 Å². The number of hydrogen-bond acceptors (Lipinski definition) is 5. The number of aromatic nitrogens is 2. The van der Waals surface area contributed by atoms with Crippen LogP contribution < -0.4 is 14.8 Å². The van der Waals surface area contributed by atoms with E-state index in [4.69, 9.17) is 9.47 Å². The van der Waals surface area contributed by atoms with Crippen molar-refractivity contribution < 1.29 is 14.3 Å². The van der Waals surface area contributed by atoms with E-state index in [0.29, 0.717) is 16.7 Å². The van der Waals surface area contributed by atoms with Crippen molar-refractivity contribution in [3.63, 3.8) is 0 Å². The molecule has 1 aromatic heterocycles. The van der Waals surface area contributed by atoms with Gasteiger partial charge in [-0.25, -0.2) is 4.98 Å². The van der Waals surface area contributed by atoms with Gasteiger partial charge in [-0.15, -0.1) is 0 Å². The smallest absolute Gasteiger partial charge is 0.234 e. The number of aryl methyl sites for hydroxylation is 1. The number of thioether (sulfide) groups is 1. The van der Waals surface area contributed by atoms with E-state index in [-0.39, 0.29) is 11.7 Å². The first-order chi connectivity index (χ1) is 13.5. The summed E-state index contributed by atoms with van der Waals surface area (Å²) in [4.78, 5) is 16.8. The first kappa shape index (κ1) is 19.8. The summed E-state index contributed by atoms with van der Waals surface area (Å²) >= 11 is 1.37. The highest BCUT2D eigenvalue weighted by atomic mass is 32.2. The predicted octanol–water partition coefficient (Wildman–Crippen LogP) is 4.24. The molecule has 6 nitrogen and oxygen atoms in total. The van der Waals surface area contributed by atoms with E-state index < -0.39 is 0 Å². The highest BCUT2D eigenvalue weighted by Crippen LogP contribution is 2.31. The molecule has 28 heavy (non-hydrogen) atoms. The average Bonchev–Trinajstić information content (AvgIpc) is 3.17. The van der Waals surface area contributed by atoms with E-state index in [0.717, 1.165) is 22.5 Å². The molecule has 3 rings (SSSR count). The number of ether oxygens (including phenoxy) is 2. The van der Waals surface area contributed by atoms with Crippen LogP contribution in [-0.4, -0.2) is 35.4 Å². The van der Waals surface area contributed by atoms with E-state index in [1.807, 2.05) is 61.0 Å². The van der Waals surface area contributed by atoms with Crippen molar-refractivity contribution in [1.82, 2.24) is 9.55 Å². The molecular weight excluding hydrogens is 374 g/mol. The second-order valence-corrected chi connectivity index (χ2v) is 7.14. The van der Waals surface area contributed by atoms with Crippen LogP contribution >= 0.6 is 11.8 Å². The number of benzene rings is 2. The van der Waals surface area contributed by atoms with Crippen LogP contribution in [0.1, 0.15) is 11.1 Å². The van der Waals surface area contributed by atoms with E-state index >= 15 is 0 Å². The van der Waals surface area contributed by atoms with Crippen molar-refractivity contribution in [2.45, 2.75) is 19.0 Å². The van der Waals surface area contributed by atoms with Crippen molar-refractivity contribution >= 4 is 23.4 Å². The molecule has 2 aromatic carbocycles. The van der Waals surface area contributed by atoms with E-state index in [1.165, 1.54) is 11.8 Å². The lowest BCUT2D eigenvalue weighted by atomic mass is 10.1. The molecule has 7 heteroatoms. The topological polar surface area (TPSA) is 65.4 Å². The third-order valence-corrected chi connectivity index (χ3v) is 5.43. The fraction of sp³-hybridized carbons (Fsp3) is 0.238. The molecule has 0 aliphatic heterocycles. The lowest BCUT2D eigenvalue weighted by Crippen LogP contribution is -2.15. The van der Waals surface area contributed by atoms with Crippen LogP contribution in [0.4, 0.5) is 5.69 Å². The number of carbonyl (C=O) groups excluding carboxylic acids is 1. The van der Waals surface area contributed by atoms with Crippen molar-refractivity contribution in [2.24, 2.45) is 0 Å². The third-order valence-electron chi connectivity index (χ3n) is 4.46. The van der Waals surface area contributed by atoms with E-state index in [9.17, 15) is 4.79 Å². The zero-order chi connectivity index (χ0) is 20.1. The molecule has 0 aliphatic rings. The lowest BCUT2D eigenvalue weighted by molar-refractivity contribution is -0.113. The van der Waals surface area contributed by atoms with Gasteiger partial charge in [0, 0.05) is 24.1 Å². The average molecular weight is 398 g/mol. The molecule has 0 spiro atoms. The fourth-order valence-corrected chi connectivity index (χ4v) is 3.53. The van der Waals surface area contributed by atoms with Crippen molar-refractivity contribution in [3.05, 3.63) is 59.9 Å². The summed E-state index contributed by atoms with van der Waals surface area (Å²) in [6, 6.07) is 11.5. The van der Waals surface area contributed by atoms with Gasteiger partial charge >= 0.3 is 0 Å². The van der Waals surface area contributed by atoms with Crippen molar-refractivity contribution in [2.75, 3.05) is 25.3 Å². The summed E-state index contributed by atoms with van der Waals surface area (Å²) in [6.45, 7) is 4.03. The molecule has 0 radical (unpaired) electrons. The van der Waals surface area contributed by atoms with Crippen LogP contribution in [0.3, 0.4) is 0 Å². The number of methoxy groups -OCH3 is 2.